The van der Waals surface area contributed by atoms with Gasteiger partial charge in [0.1, 0.15) is 12.2 Å². The minimum atomic E-state index is -2.71. The van der Waals surface area contributed by atoms with Crippen LogP contribution < -0.4 is 10.4 Å². The molecule has 2 N–H and O–H groups in total. The maximum atomic E-state index is 12.3. The first-order valence-electron chi connectivity index (χ1n) is 12.4. The van der Waals surface area contributed by atoms with E-state index in [0.29, 0.717) is 12.2 Å². The van der Waals surface area contributed by atoms with Crippen molar-refractivity contribution in [3.8, 4) is 0 Å². The summed E-state index contributed by atoms with van der Waals surface area (Å²) in [4.78, 5) is 12.3. The second kappa shape index (κ2) is 12.0. The van der Waals surface area contributed by atoms with Crippen LogP contribution in [0.2, 0.25) is 5.04 Å². The van der Waals surface area contributed by atoms with Gasteiger partial charge in [0.05, 0.1) is 12.2 Å². The standard InChI is InChI=1S/C30H38O5Si/c1-24(20-30(33,22-31)23-34-28(32)25-14-8-5-9-15-25)21-35-36(29(2,3)4,26-16-10-6-11-17-26)27-18-12-7-13-19-27/h5-19,24,31,33H,20-23H2,1-4H3/t24-,30+/m1/s1. The molecule has 0 fully saturated rings. The second-order valence-corrected chi connectivity index (χ2v) is 14.9. The van der Waals surface area contributed by atoms with E-state index in [4.69, 9.17) is 9.16 Å². The van der Waals surface area contributed by atoms with Gasteiger partial charge >= 0.3 is 5.97 Å². The van der Waals surface area contributed by atoms with Gasteiger partial charge in [-0.15, -0.1) is 0 Å². The summed E-state index contributed by atoms with van der Waals surface area (Å²) in [5.74, 6) is -0.627. The van der Waals surface area contributed by atoms with E-state index < -0.39 is 26.5 Å². The van der Waals surface area contributed by atoms with Gasteiger partial charge < -0.3 is 19.4 Å². The summed E-state index contributed by atoms with van der Waals surface area (Å²) in [7, 11) is -2.71. The highest BCUT2D eigenvalue weighted by Gasteiger charge is 2.50. The number of aliphatic hydroxyl groups excluding tert-OH is 1. The monoisotopic (exact) mass is 506 g/mol. The Hall–Kier alpha value is -2.77. The lowest BCUT2D eigenvalue weighted by Gasteiger charge is -2.44. The number of ether oxygens (including phenoxy) is 1. The zero-order chi connectivity index (χ0) is 26.2. The summed E-state index contributed by atoms with van der Waals surface area (Å²) >= 11 is 0. The van der Waals surface area contributed by atoms with Crippen molar-refractivity contribution >= 4 is 24.7 Å². The van der Waals surface area contributed by atoms with Crippen molar-refractivity contribution in [3.63, 3.8) is 0 Å². The molecule has 0 aromatic heterocycles. The molecule has 3 aromatic rings. The molecule has 0 amide bonds. The van der Waals surface area contributed by atoms with Crippen LogP contribution in [0.4, 0.5) is 0 Å². The summed E-state index contributed by atoms with van der Waals surface area (Å²) in [6, 6.07) is 29.4. The smallest absolute Gasteiger partial charge is 0.338 e. The van der Waals surface area contributed by atoms with Crippen LogP contribution in [0.3, 0.4) is 0 Å². The Labute approximate surface area is 215 Å². The Morgan fingerprint density at radius 2 is 1.33 bits per heavy atom. The summed E-state index contributed by atoms with van der Waals surface area (Å²) < 4.78 is 12.3. The van der Waals surface area contributed by atoms with Gasteiger partial charge in [-0.1, -0.05) is 107 Å². The molecule has 0 aliphatic carbocycles. The van der Waals surface area contributed by atoms with Crippen molar-refractivity contribution in [1.82, 2.24) is 0 Å². The lowest BCUT2D eigenvalue weighted by molar-refractivity contribution is -0.0783. The predicted octanol–water partition coefficient (Wildman–Crippen LogP) is 4.17. The van der Waals surface area contributed by atoms with Gasteiger partial charge in [-0.05, 0) is 39.9 Å². The van der Waals surface area contributed by atoms with E-state index in [1.54, 1.807) is 24.3 Å². The molecule has 2 atom stereocenters. The maximum Gasteiger partial charge on any atom is 0.338 e. The van der Waals surface area contributed by atoms with Crippen molar-refractivity contribution in [2.45, 2.75) is 44.8 Å². The van der Waals surface area contributed by atoms with E-state index in [2.05, 4.69) is 45.0 Å². The molecule has 0 saturated heterocycles. The van der Waals surface area contributed by atoms with Crippen LogP contribution >= 0.6 is 0 Å². The highest BCUT2D eigenvalue weighted by atomic mass is 28.4. The molecule has 0 heterocycles. The normalized spacial score (nSPS) is 14.6. The average molecular weight is 507 g/mol. The van der Waals surface area contributed by atoms with Gasteiger partial charge in [-0.3, -0.25) is 0 Å². The third-order valence-corrected chi connectivity index (χ3v) is 11.5. The number of hydrogen-bond acceptors (Lipinski definition) is 5. The number of esters is 1. The Kier molecular flexibility index (Phi) is 9.25. The van der Waals surface area contributed by atoms with Crippen molar-refractivity contribution in [3.05, 3.63) is 96.6 Å². The second-order valence-electron chi connectivity index (χ2n) is 10.6. The van der Waals surface area contributed by atoms with Gasteiger partial charge in [-0.2, -0.15) is 0 Å². The molecule has 0 aliphatic rings. The van der Waals surface area contributed by atoms with Crippen molar-refractivity contribution < 1.29 is 24.2 Å². The molecule has 0 saturated carbocycles. The summed E-state index contributed by atoms with van der Waals surface area (Å²) in [5, 5.41) is 23.2. The first kappa shape index (κ1) is 27.8. The van der Waals surface area contributed by atoms with Crippen molar-refractivity contribution in [1.29, 1.82) is 0 Å². The number of hydrogen-bond donors (Lipinski definition) is 2. The third kappa shape index (κ3) is 6.50. The average Bonchev–Trinajstić information content (AvgIpc) is 2.88. The minimum Gasteiger partial charge on any atom is -0.459 e. The van der Waals surface area contributed by atoms with E-state index in [1.165, 1.54) is 10.4 Å². The molecule has 0 aliphatic heterocycles. The largest absolute Gasteiger partial charge is 0.459 e. The quantitative estimate of drug-likeness (QED) is 0.302. The van der Waals surface area contributed by atoms with E-state index in [1.807, 2.05) is 49.4 Å². The van der Waals surface area contributed by atoms with E-state index in [0.717, 1.165) is 0 Å². The molecule has 3 aromatic carbocycles. The Morgan fingerprint density at radius 1 is 0.861 bits per heavy atom. The molecule has 192 valence electrons. The lowest BCUT2D eigenvalue weighted by atomic mass is 9.93. The first-order chi connectivity index (χ1) is 17.1. The van der Waals surface area contributed by atoms with Crippen molar-refractivity contribution in [2.75, 3.05) is 19.8 Å². The van der Waals surface area contributed by atoms with Gasteiger partial charge in [0.2, 0.25) is 0 Å². The fraction of sp³-hybridized carbons (Fsp3) is 0.367. The SMILES string of the molecule is C[C@@H](CO[Si](c1ccccc1)(c1ccccc1)C(C)(C)C)C[C@](O)(CO)COC(=O)c1ccccc1. The van der Waals surface area contributed by atoms with Crippen LogP contribution in [0, 0.1) is 5.92 Å². The van der Waals surface area contributed by atoms with Gasteiger partial charge in [0.15, 0.2) is 0 Å². The fourth-order valence-corrected chi connectivity index (χ4v) is 9.45. The molecular weight excluding hydrogens is 468 g/mol. The molecule has 0 bridgehead atoms. The van der Waals surface area contributed by atoms with Crippen LogP contribution in [-0.4, -0.2) is 49.9 Å². The molecule has 0 radical (unpaired) electrons. The fourth-order valence-electron chi connectivity index (χ4n) is 4.76. The highest BCUT2D eigenvalue weighted by molar-refractivity contribution is 6.99. The van der Waals surface area contributed by atoms with Gasteiger partial charge in [0, 0.05) is 6.61 Å². The molecule has 3 rings (SSSR count). The predicted molar refractivity (Wildman–Crippen MR) is 146 cm³/mol. The Morgan fingerprint density at radius 3 is 1.78 bits per heavy atom. The summed E-state index contributed by atoms with van der Waals surface area (Å²) in [5.41, 5.74) is -1.15. The lowest BCUT2D eigenvalue weighted by Crippen LogP contribution is -2.67. The highest BCUT2D eigenvalue weighted by Crippen LogP contribution is 2.37. The molecule has 6 heteroatoms. The Balaban J connectivity index is 1.77. The van der Waals surface area contributed by atoms with Crippen LogP contribution in [0.15, 0.2) is 91.0 Å². The number of rotatable bonds is 11. The Bertz CT molecular complexity index is 1040. The summed E-state index contributed by atoms with van der Waals surface area (Å²) in [6.07, 6.45) is 0.226. The first-order valence-corrected chi connectivity index (χ1v) is 14.3. The minimum absolute atomic E-state index is 0.0979. The van der Waals surface area contributed by atoms with E-state index >= 15 is 0 Å². The van der Waals surface area contributed by atoms with Crippen molar-refractivity contribution in [2.24, 2.45) is 5.92 Å². The number of aliphatic hydroxyl groups is 2. The molecule has 0 spiro atoms. The van der Waals surface area contributed by atoms with Gasteiger partial charge in [0.25, 0.3) is 8.32 Å². The van der Waals surface area contributed by atoms with Crippen LogP contribution in [0.5, 0.6) is 0 Å². The summed E-state index contributed by atoms with van der Waals surface area (Å²) in [6.45, 7) is 8.23. The number of benzene rings is 3. The molecule has 5 nitrogen and oxygen atoms in total. The van der Waals surface area contributed by atoms with Gasteiger partial charge in [-0.25, -0.2) is 4.79 Å². The van der Waals surface area contributed by atoms with Crippen LogP contribution in [-0.2, 0) is 9.16 Å². The van der Waals surface area contributed by atoms with Crippen LogP contribution in [0.1, 0.15) is 44.5 Å². The zero-order valence-electron chi connectivity index (χ0n) is 21.7. The maximum absolute atomic E-state index is 12.3. The molecular formula is C30H38O5Si. The number of carbonyl (C=O) groups is 1. The molecule has 36 heavy (non-hydrogen) atoms. The third-order valence-electron chi connectivity index (χ3n) is 6.51. The number of carbonyl (C=O) groups excluding carboxylic acids is 1. The topological polar surface area (TPSA) is 76.0 Å². The van der Waals surface area contributed by atoms with Crippen LogP contribution in [0.25, 0.3) is 0 Å². The molecule has 0 unspecified atom stereocenters. The zero-order valence-corrected chi connectivity index (χ0v) is 22.7. The van der Waals surface area contributed by atoms with E-state index in [9.17, 15) is 15.0 Å². The van der Waals surface area contributed by atoms with E-state index in [-0.39, 0.29) is 24.0 Å².